The van der Waals surface area contributed by atoms with E-state index in [-0.39, 0.29) is 11.5 Å². The zero-order valence-corrected chi connectivity index (χ0v) is 16.9. The van der Waals surface area contributed by atoms with Gasteiger partial charge in [-0.2, -0.15) is 0 Å². The highest BCUT2D eigenvalue weighted by Crippen LogP contribution is 2.41. The third kappa shape index (κ3) is 3.85. The standard InChI is InChI=1S/C23H26N6O/c30-19-15-23(17-29(16-19)22-24-11-4-12-25-22)9-13-28(14-10-23)21-8-7-20(26-27-21)18-5-2-1-3-6-18/h1-8,11-12,19,30H,9-10,13-17H2. The Balaban J connectivity index is 1.26. The van der Waals surface area contributed by atoms with E-state index in [2.05, 4.69) is 36.0 Å². The lowest BCUT2D eigenvalue weighted by Gasteiger charge is -2.49. The van der Waals surface area contributed by atoms with Gasteiger partial charge in [-0.1, -0.05) is 30.3 Å². The largest absolute Gasteiger partial charge is 0.391 e. The van der Waals surface area contributed by atoms with Crippen LogP contribution in [0.25, 0.3) is 11.3 Å². The number of hydrogen-bond acceptors (Lipinski definition) is 7. The van der Waals surface area contributed by atoms with Crippen LogP contribution in [0.15, 0.2) is 60.9 Å². The summed E-state index contributed by atoms with van der Waals surface area (Å²) < 4.78 is 0. The van der Waals surface area contributed by atoms with Gasteiger partial charge in [-0.15, -0.1) is 10.2 Å². The molecule has 2 aliphatic rings. The van der Waals surface area contributed by atoms with E-state index in [1.54, 1.807) is 12.4 Å². The second kappa shape index (κ2) is 7.99. The fourth-order valence-electron chi connectivity index (χ4n) is 4.79. The zero-order chi connectivity index (χ0) is 20.4. The van der Waals surface area contributed by atoms with Gasteiger partial charge in [0.25, 0.3) is 0 Å². The van der Waals surface area contributed by atoms with Crippen molar-refractivity contribution in [2.24, 2.45) is 5.41 Å². The smallest absolute Gasteiger partial charge is 0.225 e. The molecule has 7 heteroatoms. The van der Waals surface area contributed by atoms with Crippen molar-refractivity contribution >= 4 is 11.8 Å². The highest BCUT2D eigenvalue weighted by molar-refractivity contribution is 5.59. The molecule has 7 nitrogen and oxygen atoms in total. The van der Waals surface area contributed by atoms with Gasteiger partial charge >= 0.3 is 0 Å². The van der Waals surface area contributed by atoms with Gasteiger partial charge in [0.2, 0.25) is 5.95 Å². The van der Waals surface area contributed by atoms with Crippen LogP contribution in [0, 0.1) is 5.41 Å². The highest BCUT2D eigenvalue weighted by Gasteiger charge is 2.42. The van der Waals surface area contributed by atoms with Gasteiger partial charge in [-0.3, -0.25) is 0 Å². The fourth-order valence-corrected chi connectivity index (χ4v) is 4.79. The average Bonchev–Trinajstić information content (AvgIpc) is 2.80. The van der Waals surface area contributed by atoms with Crippen LogP contribution in [0.5, 0.6) is 0 Å². The monoisotopic (exact) mass is 402 g/mol. The summed E-state index contributed by atoms with van der Waals surface area (Å²) in [7, 11) is 0. The third-order valence-corrected chi connectivity index (χ3v) is 6.33. The third-order valence-electron chi connectivity index (χ3n) is 6.33. The summed E-state index contributed by atoms with van der Waals surface area (Å²) in [5.74, 6) is 1.63. The number of piperidine rings is 2. The molecule has 3 aromatic rings. The van der Waals surface area contributed by atoms with Gasteiger partial charge < -0.3 is 14.9 Å². The van der Waals surface area contributed by atoms with E-state index in [0.717, 1.165) is 56.0 Å². The summed E-state index contributed by atoms with van der Waals surface area (Å²) in [6.45, 7) is 3.31. The first-order valence-electron chi connectivity index (χ1n) is 10.5. The predicted octanol–water partition coefficient (Wildman–Crippen LogP) is 2.79. The molecule has 2 aliphatic heterocycles. The Kier molecular flexibility index (Phi) is 5.04. The minimum absolute atomic E-state index is 0.0881. The summed E-state index contributed by atoms with van der Waals surface area (Å²) in [4.78, 5) is 13.2. The Labute approximate surface area is 176 Å². The van der Waals surface area contributed by atoms with Gasteiger partial charge in [-0.25, -0.2) is 9.97 Å². The maximum Gasteiger partial charge on any atom is 0.225 e. The lowest BCUT2D eigenvalue weighted by Crippen LogP contribution is -2.54. The minimum Gasteiger partial charge on any atom is -0.391 e. The number of β-amino-alcohol motifs (C(OH)–C–C–N with tert-alkyl or cyclic N) is 1. The molecule has 5 rings (SSSR count). The summed E-state index contributed by atoms with van der Waals surface area (Å²) in [5, 5.41) is 19.5. The van der Waals surface area contributed by atoms with Gasteiger partial charge in [-0.05, 0) is 42.9 Å². The van der Waals surface area contributed by atoms with Crippen molar-refractivity contribution in [3.8, 4) is 11.3 Å². The number of aliphatic hydroxyl groups is 1. The van der Waals surface area contributed by atoms with Gasteiger partial charge in [0.05, 0.1) is 11.8 Å². The van der Waals surface area contributed by atoms with Crippen molar-refractivity contribution < 1.29 is 5.11 Å². The van der Waals surface area contributed by atoms with Crippen molar-refractivity contribution in [2.75, 3.05) is 36.0 Å². The summed E-state index contributed by atoms with van der Waals surface area (Å²) in [5.41, 5.74) is 2.06. The molecule has 0 bridgehead atoms. The molecule has 1 aromatic carbocycles. The minimum atomic E-state index is -0.348. The average molecular weight is 403 g/mol. The number of hydrogen-bond donors (Lipinski definition) is 1. The van der Waals surface area contributed by atoms with E-state index in [1.165, 1.54) is 0 Å². The Bertz CT molecular complexity index is 958. The molecule has 1 atom stereocenters. The molecule has 2 fully saturated rings. The maximum absolute atomic E-state index is 10.5. The fraction of sp³-hybridized carbons (Fsp3) is 0.391. The van der Waals surface area contributed by atoms with Gasteiger partial charge in [0.15, 0.2) is 5.82 Å². The van der Waals surface area contributed by atoms with E-state index in [1.807, 2.05) is 42.5 Å². The highest BCUT2D eigenvalue weighted by atomic mass is 16.3. The Morgan fingerprint density at radius 1 is 0.867 bits per heavy atom. The molecular formula is C23H26N6O. The first-order valence-corrected chi connectivity index (χ1v) is 10.5. The van der Waals surface area contributed by atoms with Crippen molar-refractivity contribution in [3.63, 3.8) is 0 Å². The molecule has 0 aliphatic carbocycles. The summed E-state index contributed by atoms with van der Waals surface area (Å²) in [6, 6.07) is 16.0. The molecular weight excluding hydrogens is 376 g/mol. The number of nitrogens with zero attached hydrogens (tertiary/aromatic N) is 6. The molecule has 0 radical (unpaired) electrons. The maximum atomic E-state index is 10.5. The molecule has 30 heavy (non-hydrogen) atoms. The Morgan fingerprint density at radius 2 is 1.63 bits per heavy atom. The van der Waals surface area contributed by atoms with Crippen molar-refractivity contribution in [2.45, 2.75) is 25.4 Å². The second-order valence-corrected chi connectivity index (χ2v) is 8.42. The molecule has 154 valence electrons. The van der Waals surface area contributed by atoms with Crippen LogP contribution >= 0.6 is 0 Å². The molecule has 0 saturated carbocycles. The number of aliphatic hydroxyl groups excluding tert-OH is 1. The lowest BCUT2D eigenvalue weighted by atomic mass is 9.71. The van der Waals surface area contributed by atoms with Crippen LogP contribution in [0.2, 0.25) is 0 Å². The molecule has 2 aromatic heterocycles. The van der Waals surface area contributed by atoms with Gasteiger partial charge in [0, 0.05) is 44.1 Å². The zero-order valence-electron chi connectivity index (χ0n) is 16.9. The van der Waals surface area contributed by atoms with Crippen LogP contribution in [0.1, 0.15) is 19.3 Å². The molecule has 1 N–H and O–H groups in total. The van der Waals surface area contributed by atoms with E-state index in [9.17, 15) is 5.11 Å². The van der Waals surface area contributed by atoms with Crippen molar-refractivity contribution in [3.05, 3.63) is 60.9 Å². The van der Waals surface area contributed by atoms with Crippen LogP contribution in [0.3, 0.4) is 0 Å². The molecule has 4 heterocycles. The molecule has 2 saturated heterocycles. The van der Waals surface area contributed by atoms with E-state index in [4.69, 9.17) is 0 Å². The van der Waals surface area contributed by atoms with E-state index < -0.39 is 0 Å². The number of anilines is 2. The van der Waals surface area contributed by atoms with Crippen molar-refractivity contribution in [1.82, 2.24) is 20.2 Å². The second-order valence-electron chi connectivity index (χ2n) is 8.42. The molecule has 1 unspecified atom stereocenters. The van der Waals surface area contributed by atoms with Crippen LogP contribution < -0.4 is 9.80 Å². The number of aromatic nitrogens is 4. The molecule has 1 spiro atoms. The Hall–Kier alpha value is -3.06. The van der Waals surface area contributed by atoms with Crippen molar-refractivity contribution in [1.29, 1.82) is 0 Å². The number of benzene rings is 1. The van der Waals surface area contributed by atoms with Gasteiger partial charge in [0.1, 0.15) is 0 Å². The van der Waals surface area contributed by atoms with Crippen LogP contribution in [-0.4, -0.2) is 57.6 Å². The molecule has 0 amide bonds. The Morgan fingerprint density at radius 3 is 2.33 bits per heavy atom. The van der Waals surface area contributed by atoms with E-state index in [0.29, 0.717) is 12.5 Å². The summed E-state index contributed by atoms with van der Waals surface area (Å²) in [6.07, 6.45) is 6.03. The number of rotatable bonds is 3. The van der Waals surface area contributed by atoms with E-state index >= 15 is 0 Å². The first-order chi connectivity index (χ1) is 14.7. The normalized spacial score (nSPS) is 21.0. The first kappa shape index (κ1) is 18.9. The van der Waals surface area contributed by atoms with Crippen LogP contribution in [0.4, 0.5) is 11.8 Å². The predicted molar refractivity (Wildman–Crippen MR) is 116 cm³/mol. The summed E-state index contributed by atoms with van der Waals surface area (Å²) >= 11 is 0. The van der Waals surface area contributed by atoms with Crippen LogP contribution in [-0.2, 0) is 0 Å². The lowest BCUT2D eigenvalue weighted by molar-refractivity contribution is 0.0591. The topological polar surface area (TPSA) is 78.3 Å². The quantitative estimate of drug-likeness (QED) is 0.722. The SMILES string of the molecule is OC1CN(c2ncccn2)CC2(CCN(c3ccc(-c4ccccc4)nn3)CC2)C1.